The first kappa shape index (κ1) is 17.6. The lowest BCUT2D eigenvalue weighted by atomic mass is 9.80. The van der Waals surface area contributed by atoms with E-state index < -0.39 is 0 Å². The molecule has 0 radical (unpaired) electrons. The average Bonchev–Trinajstić information content (AvgIpc) is 2.85. The van der Waals surface area contributed by atoms with Gasteiger partial charge in [-0.3, -0.25) is 0 Å². The Morgan fingerprint density at radius 2 is 1.79 bits per heavy atom. The van der Waals surface area contributed by atoms with Crippen molar-refractivity contribution in [1.82, 2.24) is 4.90 Å². The topological polar surface area (TPSA) is 26.7 Å². The minimum atomic E-state index is 0.380. The highest BCUT2D eigenvalue weighted by molar-refractivity contribution is 5.51. The number of aromatic hydroxyl groups is 1. The van der Waals surface area contributed by atoms with E-state index in [1.807, 2.05) is 12.1 Å². The molecular formula is C21H34N2O. The van der Waals surface area contributed by atoms with Gasteiger partial charge in [-0.15, -0.1) is 0 Å². The number of phenols is 1. The van der Waals surface area contributed by atoms with Crippen molar-refractivity contribution < 1.29 is 5.11 Å². The molecule has 0 saturated carbocycles. The predicted octanol–water partition coefficient (Wildman–Crippen LogP) is 4.51. The van der Waals surface area contributed by atoms with Crippen LogP contribution in [0.2, 0.25) is 0 Å². The number of phenolic OH excluding ortho intramolecular Hbond substituents is 1. The molecule has 1 aromatic rings. The van der Waals surface area contributed by atoms with Gasteiger partial charge in [-0.2, -0.15) is 0 Å². The van der Waals surface area contributed by atoms with Crippen molar-refractivity contribution in [1.29, 1.82) is 0 Å². The van der Waals surface area contributed by atoms with E-state index in [1.54, 1.807) is 6.07 Å². The smallest absolute Gasteiger partial charge is 0.117 e. The zero-order valence-corrected chi connectivity index (χ0v) is 15.5. The fourth-order valence-electron chi connectivity index (χ4n) is 4.52. The van der Waals surface area contributed by atoms with Crippen LogP contribution in [0, 0.1) is 11.8 Å². The van der Waals surface area contributed by atoms with Gasteiger partial charge in [0.25, 0.3) is 0 Å². The van der Waals surface area contributed by atoms with Gasteiger partial charge in [0.1, 0.15) is 5.75 Å². The van der Waals surface area contributed by atoms with Crippen LogP contribution in [0.5, 0.6) is 5.75 Å². The second-order valence-electron chi connectivity index (χ2n) is 7.95. The first-order valence-corrected chi connectivity index (χ1v) is 9.93. The first-order valence-electron chi connectivity index (χ1n) is 9.93. The van der Waals surface area contributed by atoms with Gasteiger partial charge in [0.2, 0.25) is 0 Å². The van der Waals surface area contributed by atoms with Gasteiger partial charge in [0.05, 0.1) is 0 Å². The monoisotopic (exact) mass is 330 g/mol. The molecule has 1 aromatic carbocycles. The van der Waals surface area contributed by atoms with Gasteiger partial charge >= 0.3 is 0 Å². The minimum absolute atomic E-state index is 0.380. The van der Waals surface area contributed by atoms with E-state index in [-0.39, 0.29) is 0 Å². The third-order valence-corrected chi connectivity index (χ3v) is 6.33. The Balaban J connectivity index is 1.69. The summed E-state index contributed by atoms with van der Waals surface area (Å²) in [6.07, 6.45) is 8.03. The van der Waals surface area contributed by atoms with Crippen LogP contribution in [0.3, 0.4) is 0 Å². The summed E-state index contributed by atoms with van der Waals surface area (Å²) >= 11 is 0. The molecule has 0 spiro atoms. The van der Waals surface area contributed by atoms with Gasteiger partial charge in [0.15, 0.2) is 0 Å². The zero-order chi connectivity index (χ0) is 16.9. The van der Waals surface area contributed by atoms with Crippen LogP contribution in [-0.2, 0) is 0 Å². The van der Waals surface area contributed by atoms with Crippen molar-refractivity contribution in [2.24, 2.45) is 11.8 Å². The molecule has 2 fully saturated rings. The van der Waals surface area contributed by atoms with Crippen LogP contribution in [0.1, 0.15) is 52.4 Å². The van der Waals surface area contributed by atoms with Crippen molar-refractivity contribution in [2.45, 2.75) is 58.4 Å². The van der Waals surface area contributed by atoms with Crippen LogP contribution in [0.25, 0.3) is 0 Å². The van der Waals surface area contributed by atoms with E-state index in [1.165, 1.54) is 63.8 Å². The molecule has 3 rings (SSSR count). The summed E-state index contributed by atoms with van der Waals surface area (Å²) in [6, 6.07) is 8.41. The summed E-state index contributed by atoms with van der Waals surface area (Å²) in [6.45, 7) is 9.72. The molecule has 0 bridgehead atoms. The van der Waals surface area contributed by atoms with E-state index in [9.17, 15) is 5.11 Å². The summed E-state index contributed by atoms with van der Waals surface area (Å²) < 4.78 is 0. The van der Waals surface area contributed by atoms with Gasteiger partial charge in [0, 0.05) is 30.9 Å². The average molecular weight is 331 g/mol. The molecule has 3 unspecified atom stereocenters. The van der Waals surface area contributed by atoms with E-state index in [4.69, 9.17) is 0 Å². The van der Waals surface area contributed by atoms with Crippen molar-refractivity contribution in [3.63, 3.8) is 0 Å². The molecule has 3 nitrogen and oxygen atoms in total. The summed E-state index contributed by atoms with van der Waals surface area (Å²) in [5, 5.41) is 9.88. The molecule has 3 atom stereocenters. The SMILES string of the molecule is CC1CCN(c2cccc(O)c2)C(CCN2CCCCCC2)C1C. The normalized spacial score (nSPS) is 29.4. The maximum Gasteiger partial charge on any atom is 0.117 e. The first-order chi connectivity index (χ1) is 11.6. The Morgan fingerprint density at radius 1 is 1.04 bits per heavy atom. The maximum absolute atomic E-state index is 9.88. The molecule has 2 aliphatic rings. The largest absolute Gasteiger partial charge is 0.508 e. The van der Waals surface area contributed by atoms with E-state index in [2.05, 4.69) is 29.7 Å². The maximum atomic E-state index is 9.88. The van der Waals surface area contributed by atoms with Gasteiger partial charge in [-0.25, -0.2) is 0 Å². The summed E-state index contributed by atoms with van der Waals surface area (Å²) in [5.41, 5.74) is 1.19. The predicted molar refractivity (Wildman–Crippen MR) is 102 cm³/mol. The lowest BCUT2D eigenvalue weighted by molar-refractivity contribution is 0.209. The Bertz CT molecular complexity index is 510. The van der Waals surface area contributed by atoms with Crippen LogP contribution in [0.4, 0.5) is 5.69 Å². The van der Waals surface area contributed by atoms with Crippen molar-refractivity contribution in [2.75, 3.05) is 31.1 Å². The highest BCUT2D eigenvalue weighted by Crippen LogP contribution is 2.35. The number of hydrogen-bond donors (Lipinski definition) is 1. The molecule has 0 amide bonds. The quantitative estimate of drug-likeness (QED) is 0.880. The molecule has 24 heavy (non-hydrogen) atoms. The zero-order valence-electron chi connectivity index (χ0n) is 15.5. The standard InChI is InChI=1S/C21H34N2O/c1-17-10-15-23(19-8-7-9-20(24)16-19)21(18(17)2)11-14-22-12-5-3-4-6-13-22/h7-9,16-18,21,24H,3-6,10-15H2,1-2H3. The number of anilines is 1. The Kier molecular flexibility index (Phi) is 6.04. The highest BCUT2D eigenvalue weighted by atomic mass is 16.3. The summed E-state index contributed by atoms with van der Waals surface area (Å²) in [7, 11) is 0. The number of likely N-dealkylation sites (tertiary alicyclic amines) is 1. The summed E-state index contributed by atoms with van der Waals surface area (Å²) in [5.74, 6) is 1.87. The lowest BCUT2D eigenvalue weighted by Gasteiger charge is -2.45. The third-order valence-electron chi connectivity index (χ3n) is 6.33. The Hall–Kier alpha value is -1.22. The second kappa shape index (κ2) is 8.24. The molecule has 134 valence electrons. The number of benzene rings is 1. The molecule has 2 aliphatic heterocycles. The van der Waals surface area contributed by atoms with E-state index in [0.717, 1.165) is 12.5 Å². The van der Waals surface area contributed by atoms with Crippen LogP contribution < -0.4 is 4.90 Å². The molecule has 2 heterocycles. The number of nitrogens with zero attached hydrogens (tertiary/aromatic N) is 2. The van der Waals surface area contributed by atoms with Gasteiger partial charge < -0.3 is 14.9 Å². The van der Waals surface area contributed by atoms with Gasteiger partial charge in [-0.05, 0) is 62.7 Å². The molecular weight excluding hydrogens is 296 g/mol. The summed E-state index contributed by atoms with van der Waals surface area (Å²) in [4.78, 5) is 5.24. The van der Waals surface area contributed by atoms with Crippen molar-refractivity contribution in [3.05, 3.63) is 24.3 Å². The van der Waals surface area contributed by atoms with Crippen molar-refractivity contribution >= 4 is 5.69 Å². The molecule has 2 saturated heterocycles. The molecule has 0 aliphatic carbocycles. The molecule has 1 N–H and O–H groups in total. The molecule has 3 heteroatoms. The Labute approximate surface area is 147 Å². The highest BCUT2D eigenvalue weighted by Gasteiger charge is 2.33. The minimum Gasteiger partial charge on any atom is -0.508 e. The number of hydrogen-bond acceptors (Lipinski definition) is 3. The third kappa shape index (κ3) is 4.24. The van der Waals surface area contributed by atoms with Crippen LogP contribution in [-0.4, -0.2) is 42.2 Å². The van der Waals surface area contributed by atoms with Gasteiger partial charge in [-0.1, -0.05) is 32.8 Å². The van der Waals surface area contributed by atoms with E-state index >= 15 is 0 Å². The van der Waals surface area contributed by atoms with Crippen molar-refractivity contribution in [3.8, 4) is 5.75 Å². The van der Waals surface area contributed by atoms with E-state index in [0.29, 0.717) is 17.7 Å². The van der Waals surface area contributed by atoms with Crippen LogP contribution >= 0.6 is 0 Å². The lowest BCUT2D eigenvalue weighted by Crippen LogP contribution is -2.49. The second-order valence-corrected chi connectivity index (χ2v) is 7.95. The fraction of sp³-hybridized carbons (Fsp3) is 0.714. The number of piperidine rings is 1. The Morgan fingerprint density at radius 3 is 2.50 bits per heavy atom. The fourth-order valence-corrected chi connectivity index (χ4v) is 4.52. The van der Waals surface area contributed by atoms with Crippen LogP contribution in [0.15, 0.2) is 24.3 Å². The number of rotatable bonds is 4. The molecule has 0 aromatic heterocycles.